The first kappa shape index (κ1) is 23.3. The zero-order valence-corrected chi connectivity index (χ0v) is 21.7. The Kier molecular flexibility index (Phi) is 5.83. The number of hydrogen-bond donors (Lipinski definition) is 0. The molecular weight excluding hydrogens is 470 g/mol. The van der Waals surface area contributed by atoms with Crippen molar-refractivity contribution >= 4 is 17.1 Å². The summed E-state index contributed by atoms with van der Waals surface area (Å²) in [5.74, 6) is 0. The molecule has 39 heavy (non-hydrogen) atoms. The molecule has 0 atom stereocenters. The van der Waals surface area contributed by atoms with E-state index in [1.54, 1.807) is 0 Å². The molecule has 7 rings (SSSR count). The second kappa shape index (κ2) is 9.78. The molecule has 0 fully saturated rings. The number of rotatable bonds is 5. The standard InChI is InChI=1S/C38H29N/c1-5-16-31(17-6-1)38(32-18-7-2-8-19-32,33-20-9-3-10-21-33)34-25-26-37-30(28-34)27-29-15-13-14-24-36(29)39(37)35-22-11-4-12-23-35/h1-26,28H,27H2. The molecule has 0 N–H and O–H groups in total. The summed E-state index contributed by atoms with van der Waals surface area (Å²) in [5, 5.41) is 0. The van der Waals surface area contributed by atoms with E-state index in [9.17, 15) is 0 Å². The van der Waals surface area contributed by atoms with Crippen molar-refractivity contribution in [3.63, 3.8) is 0 Å². The number of fused-ring (bicyclic) bond motifs is 2. The van der Waals surface area contributed by atoms with E-state index in [2.05, 4.69) is 169 Å². The minimum atomic E-state index is -0.451. The second-order valence-electron chi connectivity index (χ2n) is 10.2. The SMILES string of the molecule is c1ccc(N2c3ccccc3Cc3cc(C(c4ccccc4)(c4ccccc4)c4ccccc4)ccc32)cc1. The minimum Gasteiger partial charge on any atom is -0.310 e. The van der Waals surface area contributed by atoms with Gasteiger partial charge in [-0.15, -0.1) is 0 Å². The molecule has 6 aromatic rings. The van der Waals surface area contributed by atoms with E-state index < -0.39 is 5.41 Å². The highest BCUT2D eigenvalue weighted by molar-refractivity contribution is 5.84. The lowest BCUT2D eigenvalue weighted by molar-refractivity contribution is 0.743. The van der Waals surface area contributed by atoms with E-state index in [4.69, 9.17) is 0 Å². The Morgan fingerprint density at radius 2 is 0.846 bits per heavy atom. The van der Waals surface area contributed by atoms with Gasteiger partial charge < -0.3 is 4.90 Å². The fraction of sp³-hybridized carbons (Fsp3) is 0.0526. The average molecular weight is 500 g/mol. The van der Waals surface area contributed by atoms with Crippen LogP contribution in [-0.2, 0) is 11.8 Å². The molecule has 0 unspecified atom stereocenters. The highest BCUT2D eigenvalue weighted by Gasteiger charge is 2.39. The fourth-order valence-corrected chi connectivity index (χ4v) is 6.31. The highest BCUT2D eigenvalue weighted by Crippen LogP contribution is 2.49. The summed E-state index contributed by atoms with van der Waals surface area (Å²) in [6.07, 6.45) is 0.900. The molecule has 0 aliphatic carbocycles. The number of anilines is 3. The summed E-state index contributed by atoms with van der Waals surface area (Å²) >= 11 is 0. The van der Waals surface area contributed by atoms with Gasteiger partial charge >= 0.3 is 0 Å². The van der Waals surface area contributed by atoms with Crippen LogP contribution in [0.4, 0.5) is 17.1 Å². The van der Waals surface area contributed by atoms with Crippen molar-refractivity contribution < 1.29 is 0 Å². The van der Waals surface area contributed by atoms with Gasteiger partial charge in [0.05, 0.1) is 5.41 Å². The quantitative estimate of drug-likeness (QED) is 0.213. The van der Waals surface area contributed by atoms with Crippen LogP contribution in [0.15, 0.2) is 164 Å². The van der Waals surface area contributed by atoms with Gasteiger partial charge in [0.1, 0.15) is 0 Å². The molecule has 0 amide bonds. The van der Waals surface area contributed by atoms with Crippen molar-refractivity contribution in [3.05, 3.63) is 197 Å². The third kappa shape index (κ3) is 3.86. The van der Waals surface area contributed by atoms with Gasteiger partial charge in [0.15, 0.2) is 0 Å². The molecular formula is C38H29N. The van der Waals surface area contributed by atoms with E-state index in [0.29, 0.717) is 0 Å². The first-order chi connectivity index (χ1) is 19.4. The number of nitrogens with zero attached hydrogens (tertiary/aromatic N) is 1. The predicted molar refractivity (Wildman–Crippen MR) is 162 cm³/mol. The third-order valence-corrected chi connectivity index (χ3v) is 8.00. The molecule has 0 spiro atoms. The van der Waals surface area contributed by atoms with Crippen LogP contribution in [0.1, 0.15) is 33.4 Å². The summed E-state index contributed by atoms with van der Waals surface area (Å²) in [7, 11) is 0. The summed E-state index contributed by atoms with van der Waals surface area (Å²) in [5.41, 5.74) is 11.0. The van der Waals surface area contributed by atoms with Crippen molar-refractivity contribution in [1.29, 1.82) is 0 Å². The molecule has 0 saturated heterocycles. The Labute approximate surface area is 230 Å². The Morgan fingerprint density at radius 3 is 1.41 bits per heavy atom. The monoisotopic (exact) mass is 499 g/mol. The van der Waals surface area contributed by atoms with E-state index in [-0.39, 0.29) is 0 Å². The normalized spacial score (nSPS) is 12.5. The maximum atomic E-state index is 2.45. The first-order valence-electron chi connectivity index (χ1n) is 13.6. The van der Waals surface area contributed by atoms with Crippen LogP contribution in [0.2, 0.25) is 0 Å². The lowest BCUT2D eigenvalue weighted by atomic mass is 9.64. The van der Waals surface area contributed by atoms with Gasteiger partial charge in [-0.25, -0.2) is 0 Å². The van der Waals surface area contributed by atoms with Gasteiger partial charge in [-0.1, -0.05) is 140 Å². The molecule has 0 saturated carbocycles. The van der Waals surface area contributed by atoms with E-state index >= 15 is 0 Å². The minimum absolute atomic E-state index is 0.451. The number of hydrogen-bond acceptors (Lipinski definition) is 1. The van der Waals surface area contributed by atoms with E-state index in [1.165, 1.54) is 50.4 Å². The predicted octanol–water partition coefficient (Wildman–Crippen LogP) is 9.44. The molecule has 0 aromatic heterocycles. The van der Waals surface area contributed by atoms with Gasteiger partial charge in [0.2, 0.25) is 0 Å². The van der Waals surface area contributed by atoms with Crippen LogP contribution >= 0.6 is 0 Å². The number of benzene rings is 6. The lowest BCUT2D eigenvalue weighted by Crippen LogP contribution is -2.31. The van der Waals surface area contributed by atoms with Crippen LogP contribution < -0.4 is 4.90 Å². The zero-order valence-electron chi connectivity index (χ0n) is 21.7. The van der Waals surface area contributed by atoms with Gasteiger partial charge in [0, 0.05) is 23.5 Å². The zero-order chi connectivity index (χ0) is 26.1. The van der Waals surface area contributed by atoms with Crippen LogP contribution in [0.5, 0.6) is 0 Å². The molecule has 6 aromatic carbocycles. The molecule has 1 heterocycles. The summed E-state index contributed by atoms with van der Waals surface area (Å²) < 4.78 is 0. The molecule has 0 radical (unpaired) electrons. The lowest BCUT2D eigenvalue weighted by Gasteiger charge is -2.39. The molecule has 1 nitrogen and oxygen atoms in total. The van der Waals surface area contributed by atoms with Gasteiger partial charge in [-0.3, -0.25) is 0 Å². The largest absolute Gasteiger partial charge is 0.310 e. The molecule has 1 aliphatic heterocycles. The highest BCUT2D eigenvalue weighted by atomic mass is 15.2. The maximum absolute atomic E-state index is 2.45. The van der Waals surface area contributed by atoms with Crippen LogP contribution in [0.3, 0.4) is 0 Å². The van der Waals surface area contributed by atoms with Gasteiger partial charge in [0.25, 0.3) is 0 Å². The second-order valence-corrected chi connectivity index (χ2v) is 10.2. The Balaban J connectivity index is 1.51. The Bertz CT molecular complexity index is 1610. The topological polar surface area (TPSA) is 3.24 Å². The van der Waals surface area contributed by atoms with Crippen molar-refractivity contribution in [2.24, 2.45) is 0 Å². The van der Waals surface area contributed by atoms with Crippen molar-refractivity contribution in [1.82, 2.24) is 0 Å². The summed E-state index contributed by atoms with van der Waals surface area (Å²) in [6.45, 7) is 0. The van der Waals surface area contributed by atoms with Crippen LogP contribution in [-0.4, -0.2) is 0 Å². The molecule has 1 aliphatic rings. The third-order valence-electron chi connectivity index (χ3n) is 8.00. The Hall–Kier alpha value is -4.88. The van der Waals surface area contributed by atoms with E-state index in [1.807, 2.05) is 0 Å². The Morgan fingerprint density at radius 1 is 0.385 bits per heavy atom. The number of para-hydroxylation sites is 2. The van der Waals surface area contributed by atoms with Crippen LogP contribution in [0.25, 0.3) is 0 Å². The summed E-state index contributed by atoms with van der Waals surface area (Å²) in [6, 6.07) is 59.5. The van der Waals surface area contributed by atoms with E-state index in [0.717, 1.165) is 6.42 Å². The molecule has 186 valence electrons. The van der Waals surface area contributed by atoms with Crippen LogP contribution in [0, 0.1) is 0 Å². The van der Waals surface area contributed by atoms with Crippen molar-refractivity contribution in [3.8, 4) is 0 Å². The van der Waals surface area contributed by atoms with Gasteiger partial charge in [-0.2, -0.15) is 0 Å². The first-order valence-corrected chi connectivity index (χ1v) is 13.6. The fourth-order valence-electron chi connectivity index (χ4n) is 6.31. The smallest absolute Gasteiger partial charge is 0.0701 e. The maximum Gasteiger partial charge on any atom is 0.0701 e. The van der Waals surface area contributed by atoms with Crippen molar-refractivity contribution in [2.45, 2.75) is 11.8 Å². The van der Waals surface area contributed by atoms with Crippen molar-refractivity contribution in [2.75, 3.05) is 4.90 Å². The molecule has 1 heteroatoms. The molecule has 0 bridgehead atoms. The average Bonchev–Trinajstić information content (AvgIpc) is 3.02. The van der Waals surface area contributed by atoms with Gasteiger partial charge in [-0.05, 0) is 57.6 Å². The summed E-state index contributed by atoms with van der Waals surface area (Å²) in [4.78, 5) is 2.41.